The van der Waals surface area contributed by atoms with Crippen LogP contribution < -0.4 is 5.32 Å². The van der Waals surface area contributed by atoms with Crippen molar-refractivity contribution in [3.8, 4) is 0 Å². The number of hydrogen-bond donors (Lipinski definition) is 1. The van der Waals surface area contributed by atoms with Gasteiger partial charge in [-0.05, 0) is 38.3 Å². The molecule has 0 radical (unpaired) electrons. The zero-order valence-corrected chi connectivity index (χ0v) is 11.9. The molecule has 1 atom stereocenters. The molecule has 0 aromatic carbocycles. The lowest BCUT2D eigenvalue weighted by atomic mass is 9.97. The van der Waals surface area contributed by atoms with Crippen molar-refractivity contribution in [1.29, 1.82) is 0 Å². The highest BCUT2D eigenvalue weighted by Gasteiger charge is 2.25. The van der Waals surface area contributed by atoms with E-state index in [1.807, 2.05) is 11.4 Å². The van der Waals surface area contributed by atoms with E-state index in [1.54, 1.807) is 18.4 Å². The molecule has 0 saturated carbocycles. The van der Waals surface area contributed by atoms with Gasteiger partial charge in [0.25, 0.3) is 0 Å². The Labute approximate surface area is 107 Å². The van der Waals surface area contributed by atoms with Crippen LogP contribution >= 0.6 is 22.9 Å². The Hall–Kier alpha value is -0.0900. The van der Waals surface area contributed by atoms with Crippen molar-refractivity contribution < 1.29 is 4.74 Å². The van der Waals surface area contributed by atoms with Crippen LogP contribution in [-0.4, -0.2) is 19.3 Å². The number of ether oxygens (including phenoxy) is 1. The molecule has 0 bridgehead atoms. The summed E-state index contributed by atoms with van der Waals surface area (Å²) in [4.78, 5) is 1.20. The highest BCUT2D eigenvalue weighted by atomic mass is 35.5. The molecule has 1 aromatic heterocycles. The molecule has 4 heteroatoms. The number of hydrogen-bond acceptors (Lipinski definition) is 3. The Morgan fingerprint density at radius 2 is 2.25 bits per heavy atom. The summed E-state index contributed by atoms with van der Waals surface area (Å²) in [6.07, 6.45) is 0.914. The van der Waals surface area contributed by atoms with Crippen LogP contribution in [0.4, 0.5) is 0 Å². The molecular weight excluding hydrogens is 242 g/mol. The first-order valence-corrected chi connectivity index (χ1v) is 6.77. The molecule has 0 aliphatic carbocycles. The van der Waals surface area contributed by atoms with Crippen molar-refractivity contribution in [2.45, 2.75) is 38.8 Å². The first-order chi connectivity index (χ1) is 7.50. The third-order valence-corrected chi connectivity index (χ3v) is 4.13. The van der Waals surface area contributed by atoms with Gasteiger partial charge in [0.05, 0.1) is 10.6 Å². The van der Waals surface area contributed by atoms with Gasteiger partial charge in [-0.25, -0.2) is 0 Å². The zero-order valence-electron chi connectivity index (χ0n) is 10.3. The highest BCUT2D eigenvalue weighted by Crippen LogP contribution is 2.34. The summed E-state index contributed by atoms with van der Waals surface area (Å²) >= 11 is 7.87. The van der Waals surface area contributed by atoms with Crippen LogP contribution in [0, 0.1) is 0 Å². The SMILES string of the molecule is CCNC(CC(C)(C)OC)c1sccc1Cl. The van der Waals surface area contributed by atoms with E-state index in [0.29, 0.717) is 0 Å². The van der Waals surface area contributed by atoms with Crippen LogP contribution in [0.3, 0.4) is 0 Å². The Balaban J connectivity index is 2.80. The predicted octanol–water partition coefficient (Wildman–Crippen LogP) is 3.87. The third-order valence-electron chi connectivity index (χ3n) is 2.66. The molecule has 1 unspecified atom stereocenters. The van der Waals surface area contributed by atoms with E-state index >= 15 is 0 Å². The van der Waals surface area contributed by atoms with E-state index < -0.39 is 0 Å². The molecule has 1 N–H and O–H groups in total. The maximum Gasteiger partial charge on any atom is 0.0641 e. The van der Waals surface area contributed by atoms with Crippen molar-refractivity contribution >= 4 is 22.9 Å². The van der Waals surface area contributed by atoms with Gasteiger partial charge in [-0.2, -0.15) is 0 Å². The lowest BCUT2D eigenvalue weighted by molar-refractivity contribution is 0.00727. The molecule has 0 amide bonds. The third kappa shape index (κ3) is 3.74. The smallest absolute Gasteiger partial charge is 0.0641 e. The second-order valence-electron chi connectivity index (χ2n) is 4.41. The molecular formula is C12H20ClNOS. The minimum Gasteiger partial charge on any atom is -0.379 e. The fourth-order valence-electron chi connectivity index (χ4n) is 1.63. The molecule has 1 rings (SSSR count). The van der Waals surface area contributed by atoms with Crippen LogP contribution in [0.15, 0.2) is 11.4 Å². The topological polar surface area (TPSA) is 21.3 Å². The van der Waals surface area contributed by atoms with Gasteiger partial charge in [-0.15, -0.1) is 11.3 Å². The molecule has 1 aromatic rings. The molecule has 16 heavy (non-hydrogen) atoms. The molecule has 92 valence electrons. The lowest BCUT2D eigenvalue weighted by Crippen LogP contribution is -2.31. The summed E-state index contributed by atoms with van der Waals surface area (Å²) in [5, 5.41) is 6.34. The van der Waals surface area contributed by atoms with Crippen LogP contribution in [-0.2, 0) is 4.74 Å². The Kier molecular flexibility index (Phi) is 5.25. The van der Waals surface area contributed by atoms with Gasteiger partial charge in [-0.3, -0.25) is 0 Å². The summed E-state index contributed by atoms with van der Waals surface area (Å²) in [5.41, 5.74) is -0.139. The average molecular weight is 262 g/mol. The van der Waals surface area contributed by atoms with Gasteiger partial charge in [0.15, 0.2) is 0 Å². The minimum atomic E-state index is -0.139. The van der Waals surface area contributed by atoms with Gasteiger partial charge in [0.1, 0.15) is 0 Å². The van der Waals surface area contributed by atoms with E-state index in [0.717, 1.165) is 18.0 Å². The monoisotopic (exact) mass is 261 g/mol. The second-order valence-corrected chi connectivity index (χ2v) is 5.77. The van der Waals surface area contributed by atoms with Crippen LogP contribution in [0.1, 0.15) is 38.1 Å². The number of rotatable bonds is 6. The van der Waals surface area contributed by atoms with Crippen molar-refractivity contribution in [2.75, 3.05) is 13.7 Å². The number of methoxy groups -OCH3 is 1. The van der Waals surface area contributed by atoms with Crippen molar-refractivity contribution in [3.05, 3.63) is 21.3 Å². The second kappa shape index (κ2) is 6.01. The van der Waals surface area contributed by atoms with E-state index in [-0.39, 0.29) is 11.6 Å². The predicted molar refractivity (Wildman–Crippen MR) is 71.5 cm³/mol. The summed E-state index contributed by atoms with van der Waals surface area (Å²) < 4.78 is 5.47. The Bertz CT molecular complexity index is 325. The van der Waals surface area contributed by atoms with Crippen LogP contribution in [0.25, 0.3) is 0 Å². The van der Waals surface area contributed by atoms with E-state index in [1.165, 1.54) is 4.88 Å². The van der Waals surface area contributed by atoms with Crippen molar-refractivity contribution in [1.82, 2.24) is 5.32 Å². The fraction of sp³-hybridized carbons (Fsp3) is 0.667. The standard InChI is InChI=1S/C12H20ClNOS/c1-5-14-10(8-12(2,3)15-4)11-9(13)6-7-16-11/h6-7,10,14H,5,8H2,1-4H3. The molecule has 0 fully saturated rings. The quantitative estimate of drug-likeness (QED) is 0.840. The molecule has 0 aliphatic heterocycles. The normalized spacial score (nSPS) is 14.1. The first-order valence-electron chi connectivity index (χ1n) is 5.51. The Morgan fingerprint density at radius 1 is 1.56 bits per heavy atom. The van der Waals surface area contributed by atoms with Gasteiger partial charge in [0, 0.05) is 18.0 Å². The van der Waals surface area contributed by atoms with Gasteiger partial charge < -0.3 is 10.1 Å². The first kappa shape index (κ1) is 14.0. The van der Waals surface area contributed by atoms with Gasteiger partial charge >= 0.3 is 0 Å². The van der Waals surface area contributed by atoms with Crippen molar-refractivity contribution in [3.63, 3.8) is 0 Å². The molecule has 0 spiro atoms. The van der Waals surface area contributed by atoms with Gasteiger partial charge in [-0.1, -0.05) is 18.5 Å². The van der Waals surface area contributed by atoms with E-state index in [4.69, 9.17) is 16.3 Å². The van der Waals surface area contributed by atoms with Crippen LogP contribution in [0.5, 0.6) is 0 Å². The fourth-order valence-corrected chi connectivity index (χ4v) is 2.90. The van der Waals surface area contributed by atoms with Crippen molar-refractivity contribution in [2.24, 2.45) is 0 Å². The van der Waals surface area contributed by atoms with Crippen LogP contribution in [0.2, 0.25) is 5.02 Å². The highest BCUT2D eigenvalue weighted by molar-refractivity contribution is 7.10. The molecule has 2 nitrogen and oxygen atoms in total. The summed E-state index contributed by atoms with van der Waals surface area (Å²) in [6.45, 7) is 7.23. The maximum atomic E-state index is 6.17. The zero-order chi connectivity index (χ0) is 12.2. The Morgan fingerprint density at radius 3 is 2.69 bits per heavy atom. The number of halogens is 1. The molecule has 0 aliphatic rings. The molecule has 1 heterocycles. The van der Waals surface area contributed by atoms with E-state index in [9.17, 15) is 0 Å². The number of nitrogens with one attached hydrogen (secondary N) is 1. The maximum absolute atomic E-state index is 6.17. The average Bonchev–Trinajstić information content (AvgIpc) is 2.64. The lowest BCUT2D eigenvalue weighted by Gasteiger charge is -2.28. The largest absolute Gasteiger partial charge is 0.379 e. The number of thiophene rings is 1. The summed E-state index contributed by atoms with van der Waals surface area (Å²) in [7, 11) is 1.75. The van der Waals surface area contributed by atoms with Gasteiger partial charge in [0.2, 0.25) is 0 Å². The minimum absolute atomic E-state index is 0.139. The summed E-state index contributed by atoms with van der Waals surface area (Å²) in [6, 6.07) is 2.22. The molecule has 0 saturated heterocycles. The van der Waals surface area contributed by atoms with E-state index in [2.05, 4.69) is 26.1 Å². The summed E-state index contributed by atoms with van der Waals surface area (Å²) in [5.74, 6) is 0.